The van der Waals surface area contributed by atoms with Crippen molar-refractivity contribution in [1.29, 1.82) is 0 Å². The van der Waals surface area contributed by atoms with Crippen molar-refractivity contribution in [2.24, 2.45) is 0 Å². The molecule has 0 aromatic carbocycles. The first-order valence-electron chi connectivity index (χ1n) is 2.05. The van der Waals surface area contributed by atoms with Crippen LogP contribution in [0.2, 0.25) is 0 Å². The van der Waals surface area contributed by atoms with E-state index in [0.29, 0.717) is 0 Å². The zero-order valence-corrected chi connectivity index (χ0v) is 5.60. The highest BCUT2D eigenvalue weighted by Crippen LogP contribution is 2.36. The average Bonchev–Trinajstić information content (AvgIpc) is 2.22. The molecule has 1 N–H and O–H groups in total. The van der Waals surface area contributed by atoms with Crippen molar-refractivity contribution in [3.05, 3.63) is 0 Å². The summed E-state index contributed by atoms with van der Waals surface area (Å²) in [5.41, 5.74) is -0.222. The summed E-state index contributed by atoms with van der Waals surface area (Å²) < 4.78 is 0.908. The van der Waals surface area contributed by atoms with Gasteiger partial charge in [0.15, 0.2) is 0 Å². The van der Waals surface area contributed by atoms with Gasteiger partial charge >= 0.3 is 0 Å². The molecule has 1 aliphatic rings. The number of hydrogen-bond acceptors (Lipinski definition) is 1. The maximum absolute atomic E-state index is 8.93. The molecule has 0 unspecified atom stereocenters. The van der Waals surface area contributed by atoms with Gasteiger partial charge in [0.2, 0.25) is 0 Å². The fourth-order valence-corrected chi connectivity index (χ4v) is 1.04. The maximum atomic E-state index is 8.93. The lowest BCUT2D eigenvalue weighted by Crippen LogP contribution is -2.06. The van der Waals surface area contributed by atoms with Crippen molar-refractivity contribution in [3.8, 4) is 0 Å². The third kappa shape index (κ3) is 0.846. The van der Waals surface area contributed by atoms with Gasteiger partial charge in [0.1, 0.15) is 0 Å². The minimum atomic E-state index is -0.222. The van der Waals surface area contributed by atoms with Crippen LogP contribution in [0.5, 0.6) is 0 Å². The predicted molar refractivity (Wildman–Crippen MR) is 33.1 cm³/mol. The number of halogens is 1. The van der Waals surface area contributed by atoms with E-state index in [-0.39, 0.29) is 5.60 Å². The van der Waals surface area contributed by atoms with E-state index in [0.717, 1.165) is 17.3 Å². The molecule has 0 aromatic heterocycles. The second-order valence-corrected chi connectivity index (χ2v) is 2.62. The number of alkyl halides is 1. The zero-order valence-electron chi connectivity index (χ0n) is 3.45. The van der Waals surface area contributed by atoms with Gasteiger partial charge in [0.05, 0.1) is 5.60 Å². The summed E-state index contributed by atoms with van der Waals surface area (Å²) in [6.45, 7) is 0. The molecule has 0 spiro atoms. The van der Waals surface area contributed by atoms with E-state index >= 15 is 0 Å². The summed E-state index contributed by atoms with van der Waals surface area (Å²) in [6, 6.07) is 0. The Labute approximate surface area is 50.9 Å². The van der Waals surface area contributed by atoms with Crippen LogP contribution in [0.15, 0.2) is 0 Å². The van der Waals surface area contributed by atoms with E-state index in [2.05, 4.69) is 22.6 Å². The molecule has 1 fully saturated rings. The quantitative estimate of drug-likeness (QED) is 0.491. The SMILES string of the molecule is OC1(CI)CC1. The smallest absolute Gasteiger partial charge is 0.0738 e. The molecular formula is C4H7IO. The van der Waals surface area contributed by atoms with Crippen molar-refractivity contribution >= 4 is 22.6 Å². The monoisotopic (exact) mass is 198 g/mol. The van der Waals surface area contributed by atoms with Gasteiger partial charge in [0, 0.05) is 4.43 Å². The van der Waals surface area contributed by atoms with Gasteiger partial charge in [-0.25, -0.2) is 0 Å². The topological polar surface area (TPSA) is 20.2 Å². The first kappa shape index (κ1) is 4.84. The summed E-state index contributed by atoms with van der Waals surface area (Å²) in [5, 5.41) is 8.93. The summed E-state index contributed by atoms with van der Waals surface area (Å²) >= 11 is 2.21. The molecule has 0 amide bonds. The Bertz CT molecular complexity index is 58.6. The molecular weight excluding hydrogens is 191 g/mol. The Morgan fingerprint density at radius 2 is 2.17 bits per heavy atom. The first-order chi connectivity index (χ1) is 2.77. The van der Waals surface area contributed by atoms with Gasteiger partial charge in [-0.15, -0.1) is 0 Å². The lowest BCUT2D eigenvalue weighted by molar-refractivity contribution is 0.180. The summed E-state index contributed by atoms with van der Waals surface area (Å²) in [5.74, 6) is 0. The third-order valence-electron chi connectivity index (χ3n) is 1.08. The fraction of sp³-hybridized carbons (Fsp3) is 1.00. The van der Waals surface area contributed by atoms with E-state index in [4.69, 9.17) is 5.11 Å². The van der Waals surface area contributed by atoms with E-state index in [1.165, 1.54) is 0 Å². The van der Waals surface area contributed by atoms with Crippen LogP contribution in [0.4, 0.5) is 0 Å². The Hall–Kier alpha value is 0.690. The van der Waals surface area contributed by atoms with Crippen LogP contribution in [0.3, 0.4) is 0 Å². The highest BCUT2D eigenvalue weighted by Gasteiger charge is 2.38. The minimum absolute atomic E-state index is 0.222. The first-order valence-corrected chi connectivity index (χ1v) is 3.58. The van der Waals surface area contributed by atoms with E-state index in [9.17, 15) is 0 Å². The normalized spacial score (nSPS) is 27.0. The molecule has 2 heteroatoms. The molecule has 0 radical (unpaired) electrons. The molecule has 0 aliphatic heterocycles. The molecule has 1 aliphatic carbocycles. The van der Waals surface area contributed by atoms with Crippen LogP contribution < -0.4 is 0 Å². The molecule has 0 aromatic rings. The van der Waals surface area contributed by atoms with Gasteiger partial charge in [0.25, 0.3) is 0 Å². The lowest BCUT2D eigenvalue weighted by atomic mass is 10.4. The van der Waals surface area contributed by atoms with Crippen molar-refractivity contribution < 1.29 is 5.11 Å². The Morgan fingerprint density at radius 3 is 2.17 bits per heavy atom. The predicted octanol–water partition coefficient (Wildman–Crippen LogP) is 0.946. The Morgan fingerprint density at radius 1 is 1.67 bits per heavy atom. The van der Waals surface area contributed by atoms with Gasteiger partial charge in [-0.1, -0.05) is 22.6 Å². The maximum Gasteiger partial charge on any atom is 0.0738 e. The van der Waals surface area contributed by atoms with E-state index < -0.39 is 0 Å². The standard InChI is InChI=1S/C4H7IO/c5-3-4(6)1-2-4/h6H,1-3H2. The molecule has 1 nitrogen and oxygen atoms in total. The van der Waals surface area contributed by atoms with E-state index in [1.807, 2.05) is 0 Å². The highest BCUT2D eigenvalue weighted by molar-refractivity contribution is 14.1. The third-order valence-corrected chi connectivity index (χ3v) is 2.50. The van der Waals surface area contributed by atoms with Crippen molar-refractivity contribution in [1.82, 2.24) is 0 Å². The number of hydrogen-bond donors (Lipinski definition) is 1. The molecule has 0 saturated heterocycles. The molecule has 36 valence electrons. The summed E-state index contributed by atoms with van der Waals surface area (Å²) in [7, 11) is 0. The van der Waals surface area contributed by atoms with Crippen LogP contribution >= 0.6 is 22.6 Å². The second-order valence-electron chi connectivity index (χ2n) is 1.86. The van der Waals surface area contributed by atoms with Crippen LogP contribution in [-0.4, -0.2) is 15.1 Å². The van der Waals surface area contributed by atoms with Crippen molar-refractivity contribution in [2.75, 3.05) is 4.43 Å². The molecule has 0 atom stereocenters. The average molecular weight is 198 g/mol. The fourth-order valence-electron chi connectivity index (χ4n) is 0.278. The van der Waals surface area contributed by atoms with E-state index in [1.54, 1.807) is 0 Å². The largest absolute Gasteiger partial charge is 0.389 e. The Balaban J connectivity index is 2.28. The minimum Gasteiger partial charge on any atom is -0.389 e. The Kier molecular flexibility index (Phi) is 1.08. The molecule has 1 saturated carbocycles. The molecule has 0 bridgehead atoms. The van der Waals surface area contributed by atoms with Crippen LogP contribution in [0.25, 0.3) is 0 Å². The van der Waals surface area contributed by atoms with Gasteiger partial charge in [-0.05, 0) is 12.8 Å². The molecule has 0 heterocycles. The molecule has 6 heavy (non-hydrogen) atoms. The molecule has 1 rings (SSSR count). The number of rotatable bonds is 1. The van der Waals surface area contributed by atoms with Gasteiger partial charge in [-0.3, -0.25) is 0 Å². The summed E-state index contributed by atoms with van der Waals surface area (Å²) in [4.78, 5) is 0. The van der Waals surface area contributed by atoms with Gasteiger partial charge in [-0.2, -0.15) is 0 Å². The second kappa shape index (κ2) is 1.33. The summed E-state index contributed by atoms with van der Waals surface area (Å²) in [6.07, 6.45) is 2.05. The lowest BCUT2D eigenvalue weighted by Gasteiger charge is -1.95. The zero-order chi connectivity index (χ0) is 4.62. The highest BCUT2D eigenvalue weighted by atomic mass is 127. The van der Waals surface area contributed by atoms with Crippen molar-refractivity contribution in [2.45, 2.75) is 18.4 Å². The van der Waals surface area contributed by atoms with Crippen LogP contribution in [-0.2, 0) is 0 Å². The van der Waals surface area contributed by atoms with Crippen LogP contribution in [0.1, 0.15) is 12.8 Å². The number of aliphatic hydroxyl groups is 1. The van der Waals surface area contributed by atoms with Crippen LogP contribution in [0, 0.1) is 0 Å². The van der Waals surface area contributed by atoms with Gasteiger partial charge < -0.3 is 5.11 Å². The van der Waals surface area contributed by atoms with Crippen molar-refractivity contribution in [3.63, 3.8) is 0 Å².